The number of nitrogens with one attached hydrogen (secondary N) is 1. The Morgan fingerprint density at radius 2 is 1.86 bits per heavy atom. The summed E-state index contributed by atoms with van der Waals surface area (Å²) in [5.41, 5.74) is -3.65. The molecule has 1 aromatic heterocycles. The second-order valence-electron chi connectivity index (χ2n) is 3.92. The van der Waals surface area contributed by atoms with Gasteiger partial charge in [-0.1, -0.05) is 11.3 Å². The second-order valence-corrected chi connectivity index (χ2v) is 6.21. The average Bonchev–Trinajstić information content (AvgIpc) is 2.85. The van der Waals surface area contributed by atoms with Crippen LogP contribution in [0.1, 0.15) is 4.88 Å². The number of nitro groups is 1. The Kier molecular flexibility index (Phi) is 4.73. The van der Waals surface area contributed by atoms with E-state index < -0.39 is 10.4 Å². The molecule has 0 bridgehead atoms. The lowest BCUT2D eigenvalue weighted by Gasteiger charge is -2.07. The zero-order chi connectivity index (χ0) is 15.5. The standard InChI is InChI=1S/C12H9F3N2O2S2/c13-12(14,15)21-9-3-1-8(2-4-9)16-7-10-5-6-11(20-10)17(18)19/h1-6,16H,7H2. The highest BCUT2D eigenvalue weighted by molar-refractivity contribution is 8.00. The fourth-order valence-corrected chi connectivity index (χ4v) is 2.82. The monoisotopic (exact) mass is 334 g/mol. The van der Waals surface area contributed by atoms with Crippen molar-refractivity contribution in [2.24, 2.45) is 0 Å². The number of thioether (sulfide) groups is 1. The molecule has 1 aromatic carbocycles. The Hall–Kier alpha value is -1.74. The number of nitrogens with zero attached hydrogens (tertiary/aromatic N) is 1. The molecule has 1 heterocycles. The van der Waals surface area contributed by atoms with Crippen LogP contribution in [0, 0.1) is 10.1 Å². The molecule has 0 aliphatic heterocycles. The Labute approximate surface area is 126 Å². The van der Waals surface area contributed by atoms with Crippen LogP contribution in [0.3, 0.4) is 0 Å². The van der Waals surface area contributed by atoms with Crippen LogP contribution in [0.2, 0.25) is 0 Å². The van der Waals surface area contributed by atoms with Gasteiger partial charge in [0.2, 0.25) is 0 Å². The summed E-state index contributed by atoms with van der Waals surface area (Å²) in [6, 6.07) is 8.88. The third-order valence-electron chi connectivity index (χ3n) is 2.38. The van der Waals surface area contributed by atoms with Crippen molar-refractivity contribution < 1.29 is 18.1 Å². The third-order valence-corrected chi connectivity index (χ3v) is 4.16. The summed E-state index contributed by atoms with van der Waals surface area (Å²) >= 11 is 0.887. The first-order valence-corrected chi connectivity index (χ1v) is 7.29. The quantitative estimate of drug-likeness (QED) is 0.481. The SMILES string of the molecule is O=[N+]([O-])c1ccc(CNc2ccc(SC(F)(F)F)cc2)s1. The van der Waals surface area contributed by atoms with Crippen LogP contribution >= 0.6 is 23.1 Å². The van der Waals surface area contributed by atoms with E-state index in [1.807, 2.05) is 0 Å². The lowest BCUT2D eigenvalue weighted by molar-refractivity contribution is -0.380. The van der Waals surface area contributed by atoms with Gasteiger partial charge in [0.25, 0.3) is 0 Å². The molecule has 2 aromatic rings. The van der Waals surface area contributed by atoms with Gasteiger partial charge in [0.15, 0.2) is 0 Å². The molecule has 0 aliphatic carbocycles. The summed E-state index contributed by atoms with van der Waals surface area (Å²) in [7, 11) is 0. The molecule has 0 spiro atoms. The van der Waals surface area contributed by atoms with Crippen LogP contribution in [0.4, 0.5) is 23.9 Å². The van der Waals surface area contributed by atoms with Crippen LogP contribution in [0.15, 0.2) is 41.3 Å². The van der Waals surface area contributed by atoms with Crippen LogP contribution < -0.4 is 5.32 Å². The molecule has 0 unspecified atom stereocenters. The molecule has 0 saturated carbocycles. The first-order chi connectivity index (χ1) is 9.83. The van der Waals surface area contributed by atoms with Crippen molar-refractivity contribution in [2.45, 2.75) is 16.9 Å². The summed E-state index contributed by atoms with van der Waals surface area (Å²) in [5.74, 6) is 0. The smallest absolute Gasteiger partial charge is 0.380 e. The number of thiophene rings is 1. The number of anilines is 1. The predicted octanol–water partition coefficient (Wildman–Crippen LogP) is 4.88. The van der Waals surface area contributed by atoms with Gasteiger partial charge in [-0.2, -0.15) is 13.2 Å². The van der Waals surface area contributed by atoms with E-state index in [9.17, 15) is 23.3 Å². The molecule has 112 valence electrons. The average molecular weight is 334 g/mol. The van der Waals surface area contributed by atoms with E-state index in [1.54, 1.807) is 6.07 Å². The first-order valence-electron chi connectivity index (χ1n) is 5.66. The van der Waals surface area contributed by atoms with Gasteiger partial charge in [-0.15, -0.1) is 0 Å². The van der Waals surface area contributed by atoms with Gasteiger partial charge in [0.05, 0.1) is 4.92 Å². The van der Waals surface area contributed by atoms with Gasteiger partial charge in [0.1, 0.15) is 0 Å². The lowest BCUT2D eigenvalue weighted by Crippen LogP contribution is -2.00. The van der Waals surface area contributed by atoms with E-state index in [0.29, 0.717) is 12.2 Å². The zero-order valence-corrected chi connectivity index (χ0v) is 12.0. The number of hydrogen-bond acceptors (Lipinski definition) is 5. The normalized spacial score (nSPS) is 11.4. The number of benzene rings is 1. The Bertz CT molecular complexity index is 626. The molecule has 21 heavy (non-hydrogen) atoms. The summed E-state index contributed by atoms with van der Waals surface area (Å²) in [6.45, 7) is 0.379. The molecule has 4 nitrogen and oxygen atoms in total. The summed E-state index contributed by atoms with van der Waals surface area (Å²) in [4.78, 5) is 11.0. The maximum Gasteiger partial charge on any atom is 0.446 e. The topological polar surface area (TPSA) is 55.2 Å². The van der Waals surface area contributed by atoms with Crippen molar-refractivity contribution in [1.82, 2.24) is 0 Å². The Morgan fingerprint density at radius 3 is 2.38 bits per heavy atom. The molecule has 0 radical (unpaired) electrons. The minimum absolute atomic E-state index is 0.0590. The number of rotatable bonds is 5. The Morgan fingerprint density at radius 1 is 1.19 bits per heavy atom. The van der Waals surface area contributed by atoms with Crippen LogP contribution in [-0.2, 0) is 6.54 Å². The van der Waals surface area contributed by atoms with E-state index in [4.69, 9.17) is 0 Å². The highest BCUT2D eigenvalue weighted by Gasteiger charge is 2.28. The minimum atomic E-state index is -4.30. The highest BCUT2D eigenvalue weighted by Crippen LogP contribution is 2.37. The van der Waals surface area contributed by atoms with Crippen molar-refractivity contribution in [3.63, 3.8) is 0 Å². The van der Waals surface area contributed by atoms with Crippen molar-refractivity contribution in [3.8, 4) is 0 Å². The molecule has 9 heteroatoms. The predicted molar refractivity (Wildman–Crippen MR) is 76.7 cm³/mol. The molecule has 0 fully saturated rings. The van der Waals surface area contributed by atoms with Gasteiger partial charge in [-0.25, -0.2) is 0 Å². The maximum atomic E-state index is 12.2. The van der Waals surface area contributed by atoms with Crippen molar-refractivity contribution >= 4 is 33.8 Å². The summed E-state index contributed by atoms with van der Waals surface area (Å²) < 4.78 is 36.5. The molecular formula is C12H9F3N2O2S2. The van der Waals surface area contributed by atoms with Crippen LogP contribution in [0.25, 0.3) is 0 Å². The third kappa shape index (κ3) is 4.94. The zero-order valence-electron chi connectivity index (χ0n) is 10.4. The van der Waals surface area contributed by atoms with Gasteiger partial charge in [-0.05, 0) is 42.1 Å². The number of hydrogen-bond donors (Lipinski definition) is 1. The largest absolute Gasteiger partial charge is 0.446 e. The van der Waals surface area contributed by atoms with Crippen molar-refractivity contribution in [2.75, 3.05) is 5.32 Å². The van der Waals surface area contributed by atoms with E-state index in [1.165, 1.54) is 30.3 Å². The highest BCUT2D eigenvalue weighted by atomic mass is 32.2. The molecular weight excluding hydrogens is 325 g/mol. The van der Waals surface area contributed by atoms with Crippen LogP contribution in [0.5, 0.6) is 0 Å². The molecule has 0 aliphatic rings. The summed E-state index contributed by atoms with van der Waals surface area (Å²) in [6.07, 6.45) is 0. The molecule has 0 saturated heterocycles. The van der Waals surface area contributed by atoms with E-state index >= 15 is 0 Å². The fourth-order valence-electron chi connectivity index (χ4n) is 1.52. The minimum Gasteiger partial charge on any atom is -0.380 e. The lowest BCUT2D eigenvalue weighted by atomic mass is 10.3. The van der Waals surface area contributed by atoms with E-state index in [0.717, 1.165) is 16.2 Å². The molecule has 1 N–H and O–H groups in total. The number of halogens is 3. The van der Waals surface area contributed by atoms with Gasteiger partial charge in [-0.3, -0.25) is 10.1 Å². The molecule has 0 amide bonds. The van der Waals surface area contributed by atoms with Gasteiger partial charge >= 0.3 is 10.5 Å². The van der Waals surface area contributed by atoms with E-state index in [-0.39, 0.29) is 21.7 Å². The van der Waals surface area contributed by atoms with Crippen molar-refractivity contribution in [3.05, 3.63) is 51.4 Å². The Balaban J connectivity index is 1.92. The van der Waals surface area contributed by atoms with Gasteiger partial charge < -0.3 is 5.32 Å². The fraction of sp³-hybridized carbons (Fsp3) is 0.167. The molecule has 0 atom stereocenters. The second kappa shape index (κ2) is 6.35. The number of alkyl halides is 3. The maximum absolute atomic E-state index is 12.2. The molecule has 2 rings (SSSR count). The summed E-state index contributed by atoms with van der Waals surface area (Å²) in [5, 5.41) is 13.6. The van der Waals surface area contributed by atoms with E-state index in [2.05, 4.69) is 5.32 Å². The first kappa shape index (κ1) is 15.6. The van der Waals surface area contributed by atoms with Gasteiger partial charge in [0, 0.05) is 28.1 Å². The van der Waals surface area contributed by atoms with Crippen molar-refractivity contribution in [1.29, 1.82) is 0 Å². The van der Waals surface area contributed by atoms with Crippen LogP contribution in [-0.4, -0.2) is 10.4 Å².